The third-order valence-corrected chi connectivity index (χ3v) is 5.65. The van der Waals surface area contributed by atoms with E-state index in [1.54, 1.807) is 0 Å². The Morgan fingerprint density at radius 2 is 1.90 bits per heavy atom. The van der Waals surface area contributed by atoms with Crippen molar-refractivity contribution in [1.29, 1.82) is 0 Å². The van der Waals surface area contributed by atoms with Crippen LogP contribution in [0.25, 0.3) is 0 Å². The molecule has 4 nitrogen and oxygen atoms in total. The van der Waals surface area contributed by atoms with Crippen LogP contribution < -0.4 is 5.32 Å². The highest BCUT2D eigenvalue weighted by Crippen LogP contribution is 2.32. The third-order valence-electron chi connectivity index (χ3n) is 5.65. The fraction of sp³-hybridized carbons (Fsp3) is 0.938. The second-order valence-corrected chi connectivity index (χ2v) is 7.14. The predicted octanol–water partition coefficient (Wildman–Crippen LogP) is 1.46. The number of fused-ring (bicyclic) bond motifs is 1. The first-order chi connectivity index (χ1) is 9.65. The lowest BCUT2D eigenvalue weighted by molar-refractivity contribution is -0.134. The summed E-state index contributed by atoms with van der Waals surface area (Å²) in [4.78, 5) is 17.0. The highest BCUT2D eigenvalue weighted by molar-refractivity contribution is 5.82. The summed E-state index contributed by atoms with van der Waals surface area (Å²) in [6.45, 7) is 1.85. The summed E-state index contributed by atoms with van der Waals surface area (Å²) >= 11 is 0. The largest absolute Gasteiger partial charge is 0.340 e. The van der Waals surface area contributed by atoms with E-state index in [2.05, 4.69) is 29.2 Å². The molecular formula is C16H29N3O. The summed E-state index contributed by atoms with van der Waals surface area (Å²) in [6, 6.07) is 1.25. The Morgan fingerprint density at radius 1 is 1.10 bits per heavy atom. The molecule has 20 heavy (non-hydrogen) atoms. The van der Waals surface area contributed by atoms with Crippen LogP contribution in [0.15, 0.2) is 0 Å². The number of hydrogen-bond donors (Lipinski definition) is 1. The monoisotopic (exact) mass is 279 g/mol. The van der Waals surface area contributed by atoms with E-state index in [9.17, 15) is 4.79 Å². The Kier molecular flexibility index (Phi) is 4.32. The molecule has 1 amide bonds. The maximum absolute atomic E-state index is 12.7. The molecule has 0 aromatic rings. The molecule has 2 saturated heterocycles. The standard InChI is InChI=1S/C16H29N3O/c1-18(2)13-9-10-19(11-13)16(20)15-8-7-12-5-3-4-6-14(12)17-15/h12-15,17H,3-11H2,1-2H3. The highest BCUT2D eigenvalue weighted by Gasteiger charge is 2.37. The molecule has 4 unspecified atom stereocenters. The summed E-state index contributed by atoms with van der Waals surface area (Å²) < 4.78 is 0. The van der Waals surface area contributed by atoms with Crippen LogP contribution in [0, 0.1) is 5.92 Å². The predicted molar refractivity (Wildman–Crippen MR) is 80.6 cm³/mol. The third kappa shape index (κ3) is 2.86. The Morgan fingerprint density at radius 3 is 2.65 bits per heavy atom. The molecule has 0 aromatic heterocycles. The SMILES string of the molecule is CN(C)C1CCN(C(=O)C2CCC3CCCCC3N2)C1. The van der Waals surface area contributed by atoms with E-state index in [1.165, 1.54) is 32.1 Å². The van der Waals surface area contributed by atoms with Gasteiger partial charge in [-0.1, -0.05) is 12.8 Å². The van der Waals surface area contributed by atoms with Crippen molar-refractivity contribution in [2.24, 2.45) is 5.92 Å². The number of rotatable bonds is 2. The van der Waals surface area contributed by atoms with Crippen LogP contribution in [0.1, 0.15) is 44.9 Å². The maximum Gasteiger partial charge on any atom is 0.239 e. The zero-order valence-corrected chi connectivity index (χ0v) is 13.0. The molecule has 4 heteroatoms. The molecular weight excluding hydrogens is 250 g/mol. The molecule has 0 aromatic carbocycles. The second kappa shape index (κ2) is 6.02. The Balaban J connectivity index is 1.55. The molecule has 0 spiro atoms. The number of amides is 1. The number of nitrogens with one attached hydrogen (secondary N) is 1. The van der Waals surface area contributed by atoms with Crippen LogP contribution >= 0.6 is 0 Å². The lowest BCUT2D eigenvalue weighted by atomic mass is 9.77. The lowest BCUT2D eigenvalue weighted by Crippen LogP contribution is -2.55. The van der Waals surface area contributed by atoms with Crippen molar-refractivity contribution in [2.45, 2.75) is 63.1 Å². The fourth-order valence-corrected chi connectivity index (χ4v) is 4.27. The van der Waals surface area contributed by atoms with Crippen LogP contribution in [0.2, 0.25) is 0 Å². The lowest BCUT2D eigenvalue weighted by Gasteiger charge is -2.40. The minimum Gasteiger partial charge on any atom is -0.340 e. The van der Waals surface area contributed by atoms with Crippen molar-refractivity contribution in [3.05, 3.63) is 0 Å². The summed E-state index contributed by atoms with van der Waals surface area (Å²) in [7, 11) is 4.23. The van der Waals surface area contributed by atoms with Gasteiger partial charge in [-0.2, -0.15) is 0 Å². The van der Waals surface area contributed by atoms with Gasteiger partial charge in [-0.3, -0.25) is 4.79 Å². The van der Waals surface area contributed by atoms with Crippen LogP contribution in [-0.2, 0) is 4.79 Å². The highest BCUT2D eigenvalue weighted by atomic mass is 16.2. The van der Waals surface area contributed by atoms with Gasteiger partial charge >= 0.3 is 0 Å². The second-order valence-electron chi connectivity index (χ2n) is 7.14. The van der Waals surface area contributed by atoms with Gasteiger partial charge in [0.1, 0.15) is 0 Å². The zero-order valence-electron chi connectivity index (χ0n) is 13.0. The molecule has 1 saturated carbocycles. The van der Waals surface area contributed by atoms with Gasteiger partial charge in [-0.25, -0.2) is 0 Å². The number of likely N-dealkylation sites (tertiary alicyclic amines) is 1. The van der Waals surface area contributed by atoms with Crippen molar-refractivity contribution >= 4 is 5.91 Å². The quantitative estimate of drug-likeness (QED) is 0.831. The number of likely N-dealkylation sites (N-methyl/N-ethyl adjacent to an activating group) is 1. The molecule has 3 rings (SSSR count). The van der Waals surface area contributed by atoms with E-state index in [1.807, 2.05) is 0 Å². The molecule has 3 fully saturated rings. The van der Waals surface area contributed by atoms with E-state index in [0.717, 1.165) is 31.8 Å². The summed E-state index contributed by atoms with van der Waals surface area (Å²) in [6.07, 6.45) is 8.78. The van der Waals surface area contributed by atoms with Crippen LogP contribution in [0.5, 0.6) is 0 Å². The van der Waals surface area contributed by atoms with Gasteiger partial charge in [-0.15, -0.1) is 0 Å². The molecule has 1 N–H and O–H groups in total. The van der Waals surface area contributed by atoms with E-state index in [0.29, 0.717) is 18.0 Å². The van der Waals surface area contributed by atoms with Crippen LogP contribution in [0.3, 0.4) is 0 Å². The zero-order chi connectivity index (χ0) is 14.1. The van der Waals surface area contributed by atoms with Crippen molar-refractivity contribution in [2.75, 3.05) is 27.2 Å². The number of carbonyl (C=O) groups is 1. The van der Waals surface area contributed by atoms with Gasteiger partial charge in [0.05, 0.1) is 6.04 Å². The normalized spacial score (nSPS) is 38.0. The first kappa shape index (κ1) is 14.3. The van der Waals surface area contributed by atoms with Crippen LogP contribution in [0.4, 0.5) is 0 Å². The van der Waals surface area contributed by atoms with E-state index >= 15 is 0 Å². The number of piperidine rings is 1. The molecule has 2 heterocycles. The topological polar surface area (TPSA) is 35.6 Å². The molecule has 0 bridgehead atoms. The minimum atomic E-state index is 0.0928. The molecule has 1 aliphatic carbocycles. The first-order valence-electron chi connectivity index (χ1n) is 8.36. The van der Waals surface area contributed by atoms with Crippen molar-refractivity contribution in [3.63, 3.8) is 0 Å². The molecule has 4 atom stereocenters. The first-order valence-corrected chi connectivity index (χ1v) is 8.36. The fourth-order valence-electron chi connectivity index (χ4n) is 4.27. The number of carbonyl (C=O) groups excluding carboxylic acids is 1. The van der Waals surface area contributed by atoms with Gasteiger partial charge in [-0.05, 0) is 52.1 Å². The molecule has 2 aliphatic heterocycles. The number of hydrogen-bond acceptors (Lipinski definition) is 3. The van der Waals surface area contributed by atoms with Gasteiger partial charge in [0, 0.05) is 25.2 Å². The van der Waals surface area contributed by atoms with Gasteiger partial charge in [0.25, 0.3) is 0 Å². The Labute approximate surface area is 122 Å². The van der Waals surface area contributed by atoms with E-state index in [4.69, 9.17) is 0 Å². The van der Waals surface area contributed by atoms with Crippen LogP contribution in [-0.4, -0.2) is 61.0 Å². The van der Waals surface area contributed by atoms with Crippen molar-refractivity contribution in [1.82, 2.24) is 15.1 Å². The van der Waals surface area contributed by atoms with Gasteiger partial charge < -0.3 is 15.1 Å². The van der Waals surface area contributed by atoms with Gasteiger partial charge in [0.2, 0.25) is 5.91 Å². The average molecular weight is 279 g/mol. The van der Waals surface area contributed by atoms with Crippen molar-refractivity contribution < 1.29 is 4.79 Å². The Bertz CT molecular complexity index is 358. The van der Waals surface area contributed by atoms with E-state index in [-0.39, 0.29) is 6.04 Å². The average Bonchev–Trinajstić information content (AvgIpc) is 2.96. The molecule has 0 radical (unpaired) electrons. The summed E-state index contributed by atoms with van der Waals surface area (Å²) in [5.41, 5.74) is 0. The molecule has 114 valence electrons. The number of nitrogens with zero attached hydrogens (tertiary/aromatic N) is 2. The minimum absolute atomic E-state index is 0.0928. The Hall–Kier alpha value is -0.610. The summed E-state index contributed by atoms with van der Waals surface area (Å²) in [5.74, 6) is 1.19. The summed E-state index contributed by atoms with van der Waals surface area (Å²) in [5, 5.41) is 3.67. The maximum atomic E-state index is 12.7. The smallest absolute Gasteiger partial charge is 0.239 e. The molecule has 3 aliphatic rings. The van der Waals surface area contributed by atoms with Gasteiger partial charge in [0.15, 0.2) is 0 Å². The van der Waals surface area contributed by atoms with Crippen molar-refractivity contribution in [3.8, 4) is 0 Å². The van der Waals surface area contributed by atoms with E-state index < -0.39 is 0 Å².